The Morgan fingerprint density at radius 1 is 1.11 bits per heavy atom. The number of hydrogen-bond acceptors (Lipinski definition) is 8. The minimum Gasteiger partial charge on any atom is -0.396 e. The van der Waals surface area contributed by atoms with Crippen molar-refractivity contribution in [3.05, 3.63) is 24.3 Å². The summed E-state index contributed by atoms with van der Waals surface area (Å²) in [5, 5.41) is 58.2. The molecule has 1 rings (SSSR count). The molecule has 8 heteroatoms. The van der Waals surface area contributed by atoms with Crippen LogP contribution in [0.2, 0.25) is 0 Å². The second-order valence-corrected chi connectivity index (χ2v) is 6.08. The summed E-state index contributed by atoms with van der Waals surface area (Å²) in [4.78, 5) is 0. The van der Waals surface area contributed by atoms with Crippen LogP contribution in [-0.2, 0) is 9.47 Å². The van der Waals surface area contributed by atoms with Crippen LogP contribution in [0.1, 0.15) is 19.8 Å². The number of unbranched alkanes of at least 4 members (excludes halogenated alkanes) is 1. The largest absolute Gasteiger partial charge is 0.396 e. The highest BCUT2D eigenvalue weighted by Gasteiger charge is 2.45. The molecule has 0 saturated carbocycles. The molecule has 156 valence electrons. The van der Waals surface area contributed by atoms with Gasteiger partial charge in [-0.2, -0.15) is 0 Å². The Hall–Kier alpha value is -1.72. The first-order chi connectivity index (χ1) is 13.5. The molecule has 8 nitrogen and oxygen atoms in total. The molecule has 0 aromatic carbocycles. The summed E-state index contributed by atoms with van der Waals surface area (Å²) in [7, 11) is 0. The van der Waals surface area contributed by atoms with Gasteiger partial charge in [-0.05, 0) is 37.7 Å². The molecular weight excluding hydrogens is 368 g/mol. The van der Waals surface area contributed by atoms with Crippen LogP contribution in [0.15, 0.2) is 24.3 Å². The maximum Gasteiger partial charge on any atom is 0.187 e. The summed E-state index contributed by atoms with van der Waals surface area (Å²) in [5.41, 5.74) is 0. The molecule has 0 aromatic heterocycles. The first kappa shape index (κ1) is 24.3. The Morgan fingerprint density at radius 3 is 2.50 bits per heavy atom. The van der Waals surface area contributed by atoms with E-state index in [0.29, 0.717) is 12.8 Å². The fourth-order valence-corrected chi connectivity index (χ4v) is 2.35. The van der Waals surface area contributed by atoms with Crippen LogP contribution in [0.25, 0.3) is 0 Å². The number of aliphatic hydroxyl groups is 6. The Kier molecular flexibility index (Phi) is 11.7. The van der Waals surface area contributed by atoms with Crippen LogP contribution < -0.4 is 0 Å². The predicted molar refractivity (Wildman–Crippen MR) is 100 cm³/mol. The molecule has 0 aliphatic carbocycles. The van der Waals surface area contributed by atoms with Gasteiger partial charge in [0.2, 0.25) is 0 Å². The average molecular weight is 396 g/mol. The van der Waals surface area contributed by atoms with Crippen molar-refractivity contribution in [3.63, 3.8) is 0 Å². The summed E-state index contributed by atoms with van der Waals surface area (Å²) >= 11 is 0. The molecular formula is C20H28O8. The molecule has 28 heavy (non-hydrogen) atoms. The molecule has 0 bridgehead atoms. The molecule has 1 fully saturated rings. The molecule has 1 aliphatic rings. The van der Waals surface area contributed by atoms with Crippen molar-refractivity contribution in [2.45, 2.75) is 62.7 Å². The van der Waals surface area contributed by atoms with Crippen molar-refractivity contribution in [1.29, 1.82) is 0 Å². The smallest absolute Gasteiger partial charge is 0.187 e. The van der Waals surface area contributed by atoms with E-state index < -0.39 is 49.5 Å². The molecule has 0 amide bonds. The van der Waals surface area contributed by atoms with Crippen LogP contribution in [0.5, 0.6) is 0 Å². The van der Waals surface area contributed by atoms with Gasteiger partial charge in [-0.3, -0.25) is 0 Å². The lowest BCUT2D eigenvalue weighted by Gasteiger charge is -2.40. The van der Waals surface area contributed by atoms with Gasteiger partial charge in [-0.15, -0.1) is 0 Å². The monoisotopic (exact) mass is 396 g/mol. The third kappa shape index (κ3) is 7.72. The molecule has 0 spiro atoms. The van der Waals surface area contributed by atoms with Gasteiger partial charge in [0.1, 0.15) is 36.6 Å². The number of allylic oxidation sites excluding steroid dienone is 3. The second-order valence-electron chi connectivity index (χ2n) is 6.08. The number of rotatable bonds is 8. The van der Waals surface area contributed by atoms with E-state index in [9.17, 15) is 25.5 Å². The van der Waals surface area contributed by atoms with Crippen LogP contribution in [-0.4, -0.2) is 86.8 Å². The first-order valence-electron chi connectivity index (χ1n) is 9.00. The Bertz CT molecular complexity index is 622. The van der Waals surface area contributed by atoms with E-state index in [-0.39, 0.29) is 6.61 Å². The Balaban J connectivity index is 2.92. The SMILES string of the molecule is C/C=C/C#CC#CC(O)C(/C=C\CCCO)OC1OC(CO)C(O)C(O)C1O. The minimum absolute atomic E-state index is 0.00543. The average Bonchev–Trinajstić information content (AvgIpc) is 2.69. The number of ether oxygens (including phenoxy) is 2. The van der Waals surface area contributed by atoms with E-state index in [1.54, 1.807) is 25.2 Å². The maximum atomic E-state index is 10.3. The van der Waals surface area contributed by atoms with Crippen LogP contribution in [0, 0.1) is 23.7 Å². The highest BCUT2D eigenvalue weighted by atomic mass is 16.7. The quantitative estimate of drug-likeness (QED) is 0.165. The van der Waals surface area contributed by atoms with Gasteiger partial charge in [-0.25, -0.2) is 0 Å². The van der Waals surface area contributed by atoms with Crippen molar-refractivity contribution < 1.29 is 40.1 Å². The lowest BCUT2D eigenvalue weighted by Crippen LogP contribution is -2.60. The zero-order valence-corrected chi connectivity index (χ0v) is 15.7. The van der Waals surface area contributed by atoms with Crippen LogP contribution >= 0.6 is 0 Å². The summed E-state index contributed by atoms with van der Waals surface area (Å²) in [5.74, 6) is 10.2. The fourth-order valence-electron chi connectivity index (χ4n) is 2.35. The Morgan fingerprint density at radius 2 is 1.86 bits per heavy atom. The maximum absolute atomic E-state index is 10.3. The highest BCUT2D eigenvalue weighted by Crippen LogP contribution is 2.23. The van der Waals surface area contributed by atoms with Gasteiger partial charge in [0.25, 0.3) is 0 Å². The van der Waals surface area contributed by atoms with Gasteiger partial charge < -0.3 is 40.1 Å². The van der Waals surface area contributed by atoms with E-state index in [1.807, 2.05) is 0 Å². The normalized spacial score (nSPS) is 29.8. The minimum atomic E-state index is -1.60. The van der Waals surface area contributed by atoms with E-state index in [2.05, 4.69) is 23.7 Å². The highest BCUT2D eigenvalue weighted by molar-refractivity contribution is 5.32. The van der Waals surface area contributed by atoms with E-state index in [1.165, 1.54) is 6.08 Å². The molecule has 7 unspecified atom stereocenters. The third-order valence-electron chi connectivity index (χ3n) is 3.91. The summed E-state index contributed by atoms with van der Waals surface area (Å²) < 4.78 is 10.9. The molecule has 0 aromatic rings. The van der Waals surface area contributed by atoms with Gasteiger partial charge in [0.15, 0.2) is 6.29 Å². The molecule has 1 aliphatic heterocycles. The van der Waals surface area contributed by atoms with Crippen molar-refractivity contribution in [2.24, 2.45) is 0 Å². The van der Waals surface area contributed by atoms with E-state index >= 15 is 0 Å². The predicted octanol–water partition coefficient (Wildman–Crippen LogP) is -1.56. The van der Waals surface area contributed by atoms with Gasteiger partial charge in [0.05, 0.1) is 6.61 Å². The van der Waals surface area contributed by atoms with Crippen LogP contribution in [0.3, 0.4) is 0 Å². The van der Waals surface area contributed by atoms with Gasteiger partial charge in [-0.1, -0.05) is 30.1 Å². The van der Waals surface area contributed by atoms with Gasteiger partial charge in [0, 0.05) is 6.61 Å². The third-order valence-corrected chi connectivity index (χ3v) is 3.91. The molecule has 0 radical (unpaired) electrons. The van der Waals surface area contributed by atoms with Crippen molar-refractivity contribution in [3.8, 4) is 23.7 Å². The zero-order chi connectivity index (χ0) is 20.9. The van der Waals surface area contributed by atoms with Crippen molar-refractivity contribution >= 4 is 0 Å². The lowest BCUT2D eigenvalue weighted by atomic mass is 9.99. The van der Waals surface area contributed by atoms with E-state index in [0.717, 1.165) is 0 Å². The molecule has 7 atom stereocenters. The summed E-state index contributed by atoms with van der Waals surface area (Å²) in [6.07, 6.45) is -2.07. The fraction of sp³-hybridized carbons (Fsp3) is 0.600. The molecule has 1 saturated heterocycles. The number of aliphatic hydroxyl groups excluding tert-OH is 6. The standard InChI is InChI=1S/C20H28O8/c1-2-3-4-5-7-10-14(23)15(11-8-6-9-12-21)27-20-19(26)18(25)17(24)16(13-22)28-20/h2-3,8,11,14-26H,6,9,12-13H2,1H3/b3-2+,11-8-. The van der Waals surface area contributed by atoms with Crippen molar-refractivity contribution in [1.82, 2.24) is 0 Å². The summed E-state index contributed by atoms with van der Waals surface area (Å²) in [6, 6.07) is 0. The van der Waals surface area contributed by atoms with E-state index in [4.69, 9.17) is 14.6 Å². The summed E-state index contributed by atoms with van der Waals surface area (Å²) in [6.45, 7) is 1.22. The first-order valence-corrected chi connectivity index (χ1v) is 9.00. The van der Waals surface area contributed by atoms with Crippen molar-refractivity contribution in [2.75, 3.05) is 13.2 Å². The molecule has 1 heterocycles. The zero-order valence-electron chi connectivity index (χ0n) is 15.7. The molecule has 6 N–H and O–H groups in total. The van der Waals surface area contributed by atoms with Crippen LogP contribution in [0.4, 0.5) is 0 Å². The Labute approximate surface area is 164 Å². The lowest BCUT2D eigenvalue weighted by molar-refractivity contribution is -0.311. The number of hydrogen-bond donors (Lipinski definition) is 6. The van der Waals surface area contributed by atoms with Gasteiger partial charge >= 0.3 is 0 Å². The topological polar surface area (TPSA) is 140 Å². The second kappa shape index (κ2) is 13.5.